The average Bonchev–Trinajstić information content (AvgIpc) is 2.94. The third kappa shape index (κ3) is 3.69. The van der Waals surface area contributed by atoms with Crippen LogP contribution in [0, 0.1) is 0 Å². The molecule has 0 fully saturated rings. The zero-order chi connectivity index (χ0) is 15.4. The predicted octanol–water partition coefficient (Wildman–Crippen LogP) is 5.12. The van der Waals surface area contributed by atoms with Gasteiger partial charge in [0.05, 0.1) is 0 Å². The highest BCUT2D eigenvalue weighted by Crippen LogP contribution is 2.30. The number of carbonyl (C=O) groups is 1. The molecule has 0 aliphatic rings. The first-order valence-corrected chi connectivity index (χ1v) is 8.26. The van der Waals surface area contributed by atoms with E-state index in [4.69, 9.17) is 5.11 Å². The Morgan fingerprint density at radius 1 is 1.14 bits per heavy atom. The van der Waals surface area contributed by atoms with Gasteiger partial charge in [-0.25, -0.2) is 4.79 Å². The SMILES string of the molecule is O=C(O)/C=C/c1cc2cc(NSc3ccccc3)ccc2s1. The van der Waals surface area contributed by atoms with Gasteiger partial charge in [-0.1, -0.05) is 18.2 Å². The molecule has 0 amide bonds. The maximum atomic E-state index is 10.6. The number of fused-ring (bicyclic) bond motifs is 1. The van der Waals surface area contributed by atoms with Gasteiger partial charge in [-0.15, -0.1) is 11.3 Å². The number of carboxylic acids is 1. The number of hydrogen-bond donors (Lipinski definition) is 2. The molecule has 3 nitrogen and oxygen atoms in total. The van der Waals surface area contributed by atoms with E-state index in [9.17, 15) is 4.79 Å². The number of thiophene rings is 1. The molecule has 0 bridgehead atoms. The fraction of sp³-hybridized carbons (Fsp3) is 0. The van der Waals surface area contributed by atoms with Crippen molar-refractivity contribution in [1.29, 1.82) is 0 Å². The summed E-state index contributed by atoms with van der Waals surface area (Å²) >= 11 is 3.14. The van der Waals surface area contributed by atoms with Gasteiger partial charge < -0.3 is 9.83 Å². The quantitative estimate of drug-likeness (QED) is 0.504. The maximum Gasteiger partial charge on any atom is 0.328 e. The van der Waals surface area contributed by atoms with Gasteiger partial charge in [-0.3, -0.25) is 0 Å². The van der Waals surface area contributed by atoms with Gasteiger partial charge in [0, 0.05) is 26.2 Å². The number of nitrogens with one attached hydrogen (secondary N) is 1. The molecular formula is C17H13NO2S2. The molecule has 0 atom stereocenters. The van der Waals surface area contributed by atoms with Crippen LogP contribution in [0.5, 0.6) is 0 Å². The first kappa shape index (κ1) is 14.7. The molecule has 3 aromatic rings. The Morgan fingerprint density at radius 2 is 1.95 bits per heavy atom. The molecule has 0 aliphatic carbocycles. The normalized spacial score (nSPS) is 11.1. The molecule has 0 unspecified atom stereocenters. The summed E-state index contributed by atoms with van der Waals surface area (Å²) in [4.78, 5) is 12.7. The number of benzene rings is 2. The van der Waals surface area contributed by atoms with Crippen LogP contribution in [-0.4, -0.2) is 11.1 Å². The first-order valence-electron chi connectivity index (χ1n) is 6.63. The molecule has 2 aromatic carbocycles. The maximum absolute atomic E-state index is 10.6. The lowest BCUT2D eigenvalue weighted by Gasteiger charge is -2.05. The van der Waals surface area contributed by atoms with Gasteiger partial charge in [0.15, 0.2) is 0 Å². The zero-order valence-electron chi connectivity index (χ0n) is 11.5. The number of anilines is 1. The van der Waals surface area contributed by atoms with Gasteiger partial charge in [0.25, 0.3) is 0 Å². The molecule has 1 aromatic heterocycles. The molecule has 22 heavy (non-hydrogen) atoms. The predicted molar refractivity (Wildman–Crippen MR) is 94.4 cm³/mol. The van der Waals surface area contributed by atoms with E-state index in [2.05, 4.69) is 22.9 Å². The van der Waals surface area contributed by atoms with Crippen molar-refractivity contribution in [3.05, 3.63) is 65.6 Å². The van der Waals surface area contributed by atoms with Crippen LogP contribution in [-0.2, 0) is 4.79 Å². The van der Waals surface area contributed by atoms with Crippen molar-refractivity contribution in [2.75, 3.05) is 4.72 Å². The molecular weight excluding hydrogens is 314 g/mol. The minimum absolute atomic E-state index is 0.931. The first-order chi connectivity index (χ1) is 10.7. The largest absolute Gasteiger partial charge is 0.478 e. The number of hydrogen-bond acceptors (Lipinski definition) is 4. The summed E-state index contributed by atoms with van der Waals surface area (Å²) < 4.78 is 4.46. The average molecular weight is 327 g/mol. The Bertz CT molecular complexity index is 825. The molecule has 1 heterocycles. The fourth-order valence-corrected chi connectivity index (χ4v) is 3.57. The van der Waals surface area contributed by atoms with Crippen LogP contribution in [0.3, 0.4) is 0 Å². The number of carboxylic acid groups (broad SMARTS) is 1. The van der Waals surface area contributed by atoms with E-state index in [0.717, 1.165) is 31.6 Å². The van der Waals surface area contributed by atoms with Crippen molar-refractivity contribution in [2.45, 2.75) is 4.90 Å². The Morgan fingerprint density at radius 3 is 2.73 bits per heavy atom. The summed E-state index contributed by atoms with van der Waals surface area (Å²) in [5.41, 5.74) is 1.02. The Kier molecular flexibility index (Phi) is 4.46. The van der Waals surface area contributed by atoms with Gasteiger partial charge in [-0.05, 0) is 59.8 Å². The van der Waals surface area contributed by atoms with Gasteiger partial charge >= 0.3 is 5.97 Å². The van der Waals surface area contributed by atoms with E-state index in [1.165, 1.54) is 0 Å². The molecule has 2 N–H and O–H groups in total. The number of aliphatic carboxylic acids is 1. The highest BCUT2D eigenvalue weighted by Gasteiger charge is 2.02. The van der Waals surface area contributed by atoms with Crippen LogP contribution >= 0.6 is 23.3 Å². The summed E-state index contributed by atoms with van der Waals surface area (Å²) in [5, 5.41) is 9.78. The fourth-order valence-electron chi connectivity index (χ4n) is 1.97. The van der Waals surface area contributed by atoms with E-state index in [1.807, 2.05) is 36.4 Å². The van der Waals surface area contributed by atoms with Crippen LogP contribution < -0.4 is 4.72 Å². The van der Waals surface area contributed by atoms with Gasteiger partial charge in [0.1, 0.15) is 0 Å². The molecule has 0 aliphatic heterocycles. The van der Waals surface area contributed by atoms with Crippen molar-refractivity contribution in [1.82, 2.24) is 0 Å². The Balaban J connectivity index is 1.76. The zero-order valence-corrected chi connectivity index (χ0v) is 13.2. The third-order valence-corrected chi connectivity index (χ3v) is 4.88. The highest BCUT2D eigenvalue weighted by molar-refractivity contribution is 8.00. The van der Waals surface area contributed by atoms with Crippen LogP contribution in [0.4, 0.5) is 5.69 Å². The van der Waals surface area contributed by atoms with Crippen LogP contribution in [0.25, 0.3) is 16.2 Å². The lowest BCUT2D eigenvalue weighted by molar-refractivity contribution is -0.131. The monoisotopic (exact) mass is 327 g/mol. The van der Waals surface area contributed by atoms with E-state index in [0.29, 0.717) is 0 Å². The van der Waals surface area contributed by atoms with Crippen molar-refractivity contribution in [3.8, 4) is 0 Å². The molecule has 0 spiro atoms. The number of rotatable bonds is 5. The van der Waals surface area contributed by atoms with Crippen molar-refractivity contribution < 1.29 is 9.90 Å². The minimum atomic E-state index is -0.931. The van der Waals surface area contributed by atoms with E-state index < -0.39 is 5.97 Å². The highest BCUT2D eigenvalue weighted by atomic mass is 32.2. The van der Waals surface area contributed by atoms with Crippen LogP contribution in [0.15, 0.2) is 65.6 Å². The van der Waals surface area contributed by atoms with E-state index in [-0.39, 0.29) is 0 Å². The lowest BCUT2D eigenvalue weighted by Crippen LogP contribution is -1.85. The lowest BCUT2D eigenvalue weighted by atomic mass is 10.2. The molecule has 0 saturated carbocycles. The minimum Gasteiger partial charge on any atom is -0.478 e. The summed E-state index contributed by atoms with van der Waals surface area (Å²) in [5.74, 6) is -0.931. The second kappa shape index (κ2) is 6.68. The molecule has 3 rings (SSSR count). The van der Waals surface area contributed by atoms with E-state index in [1.54, 1.807) is 29.4 Å². The summed E-state index contributed by atoms with van der Waals surface area (Å²) in [6.45, 7) is 0. The second-order valence-electron chi connectivity index (χ2n) is 4.59. The van der Waals surface area contributed by atoms with Gasteiger partial charge in [0.2, 0.25) is 0 Å². The summed E-state index contributed by atoms with van der Waals surface area (Å²) in [7, 11) is 0. The molecule has 0 saturated heterocycles. The van der Waals surface area contributed by atoms with Crippen molar-refractivity contribution >= 4 is 51.1 Å². The Hall–Kier alpha value is -2.24. The van der Waals surface area contributed by atoms with Crippen LogP contribution in [0.2, 0.25) is 0 Å². The topological polar surface area (TPSA) is 49.3 Å². The third-order valence-electron chi connectivity index (χ3n) is 2.96. The summed E-state index contributed by atoms with van der Waals surface area (Å²) in [6.07, 6.45) is 2.79. The van der Waals surface area contributed by atoms with Crippen molar-refractivity contribution in [2.24, 2.45) is 0 Å². The van der Waals surface area contributed by atoms with Crippen LogP contribution in [0.1, 0.15) is 4.88 Å². The smallest absolute Gasteiger partial charge is 0.328 e. The Labute approximate surface area is 136 Å². The van der Waals surface area contributed by atoms with Crippen molar-refractivity contribution in [3.63, 3.8) is 0 Å². The second-order valence-corrected chi connectivity index (χ2v) is 6.59. The van der Waals surface area contributed by atoms with Gasteiger partial charge in [-0.2, -0.15) is 0 Å². The van der Waals surface area contributed by atoms with E-state index >= 15 is 0 Å². The summed E-state index contributed by atoms with van der Waals surface area (Å²) in [6, 6.07) is 18.3. The standard InChI is InChI=1S/C17H13NO2S2/c19-17(20)9-7-15-11-12-10-13(6-8-16(12)21-15)18-22-14-4-2-1-3-5-14/h1-11,18H,(H,19,20)/b9-7+. The molecule has 0 radical (unpaired) electrons. The molecule has 5 heteroatoms. The molecule has 110 valence electrons.